The molecule has 1 aliphatic rings. The Labute approximate surface area is 110 Å². The van der Waals surface area contributed by atoms with Crippen LogP contribution in [0.4, 0.5) is 0 Å². The zero-order valence-electron chi connectivity index (χ0n) is 11.5. The molecule has 0 aliphatic carbocycles. The summed E-state index contributed by atoms with van der Waals surface area (Å²) >= 11 is 0. The highest BCUT2D eigenvalue weighted by molar-refractivity contribution is 5.15. The summed E-state index contributed by atoms with van der Waals surface area (Å²) in [6.07, 6.45) is 6.73. The maximum atomic E-state index is 5.79. The van der Waals surface area contributed by atoms with Crippen LogP contribution in [-0.4, -0.2) is 30.3 Å². The van der Waals surface area contributed by atoms with Crippen molar-refractivity contribution in [1.29, 1.82) is 0 Å². The molecular formula is C15H24N2O. The van der Waals surface area contributed by atoms with Gasteiger partial charge < -0.3 is 10.1 Å². The molecule has 0 spiro atoms. The molecule has 0 amide bonds. The maximum absolute atomic E-state index is 5.79. The van der Waals surface area contributed by atoms with Crippen molar-refractivity contribution in [3.05, 3.63) is 29.6 Å². The van der Waals surface area contributed by atoms with Gasteiger partial charge in [-0.05, 0) is 37.4 Å². The van der Waals surface area contributed by atoms with Gasteiger partial charge in [-0.15, -0.1) is 0 Å². The molecule has 100 valence electrons. The summed E-state index contributed by atoms with van der Waals surface area (Å²) in [7, 11) is 0. The highest BCUT2D eigenvalue weighted by Crippen LogP contribution is 2.18. The lowest BCUT2D eigenvalue weighted by Gasteiger charge is -2.23. The van der Waals surface area contributed by atoms with Crippen LogP contribution >= 0.6 is 0 Å². The minimum atomic E-state index is 0.359. The molecule has 0 radical (unpaired) electrons. The van der Waals surface area contributed by atoms with Gasteiger partial charge in [-0.3, -0.25) is 4.98 Å². The number of aryl methyl sites for hydroxylation is 1. The van der Waals surface area contributed by atoms with E-state index >= 15 is 0 Å². The summed E-state index contributed by atoms with van der Waals surface area (Å²) in [4.78, 5) is 4.55. The Hall–Kier alpha value is -0.930. The minimum Gasteiger partial charge on any atom is -0.377 e. The van der Waals surface area contributed by atoms with Gasteiger partial charge in [-0.25, -0.2) is 0 Å². The summed E-state index contributed by atoms with van der Waals surface area (Å²) < 4.78 is 5.79. The fraction of sp³-hybridized carbons (Fsp3) is 0.667. The van der Waals surface area contributed by atoms with Gasteiger partial charge in [0.1, 0.15) is 0 Å². The summed E-state index contributed by atoms with van der Waals surface area (Å²) in [5, 5.41) is 3.54. The second-order valence-corrected chi connectivity index (χ2v) is 4.93. The highest BCUT2D eigenvalue weighted by atomic mass is 16.5. The Morgan fingerprint density at radius 2 is 2.33 bits per heavy atom. The lowest BCUT2D eigenvalue weighted by molar-refractivity contribution is 0.0786. The monoisotopic (exact) mass is 248 g/mol. The average Bonchev–Trinajstić information content (AvgIpc) is 2.93. The predicted molar refractivity (Wildman–Crippen MR) is 73.8 cm³/mol. The summed E-state index contributed by atoms with van der Waals surface area (Å²) in [6, 6.07) is 4.73. The van der Waals surface area contributed by atoms with E-state index in [-0.39, 0.29) is 0 Å². The topological polar surface area (TPSA) is 34.2 Å². The maximum Gasteiger partial charge on any atom is 0.0732 e. The largest absolute Gasteiger partial charge is 0.377 e. The molecule has 2 atom stereocenters. The highest BCUT2D eigenvalue weighted by Gasteiger charge is 2.25. The molecule has 0 bridgehead atoms. The molecule has 1 fully saturated rings. The zero-order valence-corrected chi connectivity index (χ0v) is 11.5. The van der Waals surface area contributed by atoms with Gasteiger partial charge >= 0.3 is 0 Å². The number of pyridine rings is 1. The number of hydrogen-bond acceptors (Lipinski definition) is 3. The van der Waals surface area contributed by atoms with E-state index in [1.54, 1.807) is 0 Å². The number of nitrogens with zero attached hydrogens (tertiary/aromatic N) is 1. The molecule has 1 saturated heterocycles. The third kappa shape index (κ3) is 3.53. The van der Waals surface area contributed by atoms with Crippen LogP contribution in [-0.2, 0) is 17.6 Å². The lowest BCUT2D eigenvalue weighted by Crippen LogP contribution is -2.41. The van der Waals surface area contributed by atoms with Gasteiger partial charge in [0, 0.05) is 31.0 Å². The van der Waals surface area contributed by atoms with E-state index in [4.69, 9.17) is 4.74 Å². The Bertz CT molecular complexity index is 344. The quantitative estimate of drug-likeness (QED) is 0.839. The first kappa shape index (κ1) is 13.5. The van der Waals surface area contributed by atoms with E-state index < -0.39 is 0 Å². The van der Waals surface area contributed by atoms with Crippen LogP contribution < -0.4 is 5.32 Å². The normalized spacial score (nSPS) is 21.1. The molecule has 1 aromatic heterocycles. The lowest BCUT2D eigenvalue weighted by atomic mass is 10.0. The van der Waals surface area contributed by atoms with E-state index in [9.17, 15) is 0 Å². The summed E-state index contributed by atoms with van der Waals surface area (Å²) in [5.74, 6) is 0. The molecule has 3 nitrogen and oxygen atoms in total. The molecule has 0 saturated carbocycles. The Balaban J connectivity index is 1.98. The van der Waals surface area contributed by atoms with Gasteiger partial charge in [0.25, 0.3) is 0 Å². The van der Waals surface area contributed by atoms with Crippen molar-refractivity contribution >= 4 is 0 Å². The number of aromatic nitrogens is 1. The molecule has 2 unspecified atom stereocenters. The van der Waals surface area contributed by atoms with Crippen LogP contribution in [0.5, 0.6) is 0 Å². The predicted octanol–water partition coefficient (Wildman–Crippen LogP) is 2.34. The van der Waals surface area contributed by atoms with Crippen molar-refractivity contribution in [2.45, 2.75) is 51.7 Å². The van der Waals surface area contributed by atoms with Crippen LogP contribution in [0.3, 0.4) is 0 Å². The first-order chi connectivity index (χ1) is 8.83. The zero-order chi connectivity index (χ0) is 12.8. The van der Waals surface area contributed by atoms with Crippen LogP contribution in [0, 0.1) is 0 Å². The number of hydrogen-bond donors (Lipinski definition) is 1. The van der Waals surface area contributed by atoms with E-state index in [0.717, 1.165) is 31.7 Å². The second kappa shape index (κ2) is 6.86. The van der Waals surface area contributed by atoms with Gasteiger partial charge in [-0.1, -0.05) is 19.9 Å². The van der Waals surface area contributed by atoms with Gasteiger partial charge in [-0.2, -0.15) is 0 Å². The SMILES string of the molecule is CCNC(Cc1ccc(CC)cn1)C1CCCO1. The number of ether oxygens (including phenoxy) is 1. The van der Waals surface area contributed by atoms with Crippen LogP contribution in [0.1, 0.15) is 37.9 Å². The van der Waals surface area contributed by atoms with Crippen LogP contribution in [0.15, 0.2) is 18.3 Å². The smallest absolute Gasteiger partial charge is 0.0732 e. The van der Waals surface area contributed by atoms with Gasteiger partial charge in [0.2, 0.25) is 0 Å². The summed E-state index contributed by atoms with van der Waals surface area (Å²) in [6.45, 7) is 6.20. The molecule has 1 aromatic rings. The van der Waals surface area contributed by atoms with Crippen molar-refractivity contribution in [1.82, 2.24) is 10.3 Å². The molecular weight excluding hydrogens is 224 g/mol. The molecule has 18 heavy (non-hydrogen) atoms. The van der Waals surface area contributed by atoms with E-state index in [1.807, 2.05) is 6.20 Å². The standard InChI is InChI=1S/C15H24N2O/c1-3-12-7-8-13(17-11-12)10-14(16-4-2)15-6-5-9-18-15/h7-8,11,14-16H,3-6,9-10H2,1-2H3. The van der Waals surface area contributed by atoms with Crippen LogP contribution in [0.2, 0.25) is 0 Å². The number of likely N-dealkylation sites (N-methyl/N-ethyl adjacent to an activating group) is 1. The molecule has 2 rings (SSSR count). The molecule has 3 heteroatoms. The molecule has 2 heterocycles. The van der Waals surface area contributed by atoms with Crippen molar-refractivity contribution in [2.24, 2.45) is 0 Å². The van der Waals surface area contributed by atoms with Crippen LogP contribution in [0.25, 0.3) is 0 Å². The van der Waals surface area contributed by atoms with E-state index in [0.29, 0.717) is 12.1 Å². The first-order valence-electron chi connectivity index (χ1n) is 7.12. The number of nitrogens with one attached hydrogen (secondary N) is 1. The molecule has 0 aromatic carbocycles. The fourth-order valence-corrected chi connectivity index (χ4v) is 2.53. The Morgan fingerprint density at radius 3 is 2.89 bits per heavy atom. The van der Waals surface area contributed by atoms with Gasteiger partial charge in [0.05, 0.1) is 6.10 Å². The molecule has 1 aliphatic heterocycles. The third-order valence-electron chi connectivity index (χ3n) is 3.60. The van der Waals surface area contributed by atoms with Crippen molar-refractivity contribution in [3.63, 3.8) is 0 Å². The Morgan fingerprint density at radius 1 is 1.44 bits per heavy atom. The first-order valence-corrected chi connectivity index (χ1v) is 7.12. The second-order valence-electron chi connectivity index (χ2n) is 4.93. The fourth-order valence-electron chi connectivity index (χ4n) is 2.53. The van der Waals surface area contributed by atoms with Crippen molar-refractivity contribution in [2.75, 3.05) is 13.2 Å². The van der Waals surface area contributed by atoms with Gasteiger partial charge in [0.15, 0.2) is 0 Å². The summed E-state index contributed by atoms with van der Waals surface area (Å²) in [5.41, 5.74) is 2.46. The van der Waals surface area contributed by atoms with Crippen molar-refractivity contribution < 1.29 is 4.74 Å². The third-order valence-corrected chi connectivity index (χ3v) is 3.60. The minimum absolute atomic E-state index is 0.359. The average molecular weight is 248 g/mol. The Kier molecular flexibility index (Phi) is 5.14. The molecule has 1 N–H and O–H groups in total. The van der Waals surface area contributed by atoms with E-state index in [1.165, 1.54) is 18.4 Å². The van der Waals surface area contributed by atoms with Crippen molar-refractivity contribution in [3.8, 4) is 0 Å². The number of rotatable bonds is 6. The van der Waals surface area contributed by atoms with E-state index in [2.05, 4.69) is 36.3 Å².